The summed E-state index contributed by atoms with van der Waals surface area (Å²) in [4.78, 5) is 12.4. The van der Waals surface area contributed by atoms with Crippen molar-refractivity contribution < 1.29 is 14.3 Å². The second-order valence-electron chi connectivity index (χ2n) is 7.23. The molecule has 4 rings (SSSR count). The number of amides is 1. The highest BCUT2D eigenvalue weighted by atomic mass is 32.2. The van der Waals surface area contributed by atoms with Crippen LogP contribution in [0.4, 0.5) is 5.69 Å². The van der Waals surface area contributed by atoms with E-state index in [1.165, 1.54) is 11.8 Å². The maximum Gasteiger partial charge on any atom is 0.234 e. The molecule has 0 aliphatic rings. The summed E-state index contributed by atoms with van der Waals surface area (Å²) in [5.74, 6) is 2.22. The first-order chi connectivity index (χ1) is 16.0. The quantitative estimate of drug-likeness (QED) is 0.398. The Morgan fingerprint density at radius 1 is 1.03 bits per heavy atom. The fraction of sp³-hybridized carbons (Fsp3) is 0.217. The Labute approximate surface area is 195 Å². The zero-order valence-electron chi connectivity index (χ0n) is 18.8. The molecule has 0 aliphatic carbocycles. The van der Waals surface area contributed by atoms with E-state index in [-0.39, 0.29) is 11.7 Å². The minimum Gasteiger partial charge on any atom is -0.497 e. The smallest absolute Gasteiger partial charge is 0.234 e. The average Bonchev–Trinajstić information content (AvgIpc) is 3.40. The van der Waals surface area contributed by atoms with Crippen LogP contribution in [0.15, 0.2) is 59.9 Å². The van der Waals surface area contributed by atoms with Crippen LogP contribution < -0.4 is 14.8 Å². The van der Waals surface area contributed by atoms with Crippen molar-refractivity contribution in [3.8, 4) is 34.1 Å². The lowest BCUT2D eigenvalue weighted by Gasteiger charge is -2.07. The number of hydrogen-bond acceptors (Lipinski definition) is 7. The SMILES string of the molecule is COc1ccc(NC(=O)CSc2nnc(-c3cn(C)nc3-c3cccc(OC)c3)n2C)cc1. The molecule has 2 aromatic carbocycles. The van der Waals surface area contributed by atoms with Gasteiger partial charge in [-0.05, 0) is 36.4 Å². The van der Waals surface area contributed by atoms with Crippen molar-refractivity contribution in [3.63, 3.8) is 0 Å². The van der Waals surface area contributed by atoms with Crippen LogP contribution in [0, 0.1) is 0 Å². The van der Waals surface area contributed by atoms with E-state index in [9.17, 15) is 4.79 Å². The molecule has 0 spiro atoms. The number of aryl methyl sites for hydroxylation is 1. The molecule has 0 saturated heterocycles. The predicted octanol–water partition coefficient (Wildman–Crippen LogP) is 3.63. The van der Waals surface area contributed by atoms with Gasteiger partial charge in [-0.15, -0.1) is 10.2 Å². The monoisotopic (exact) mass is 464 g/mol. The van der Waals surface area contributed by atoms with Gasteiger partial charge in [0.25, 0.3) is 0 Å². The van der Waals surface area contributed by atoms with Crippen molar-refractivity contribution in [1.29, 1.82) is 0 Å². The molecule has 0 radical (unpaired) electrons. The molecule has 2 heterocycles. The third kappa shape index (κ3) is 5.01. The van der Waals surface area contributed by atoms with Crippen LogP contribution in [0.25, 0.3) is 22.6 Å². The van der Waals surface area contributed by atoms with Gasteiger partial charge in [0.1, 0.15) is 17.2 Å². The Morgan fingerprint density at radius 2 is 1.79 bits per heavy atom. The van der Waals surface area contributed by atoms with Gasteiger partial charge in [0.15, 0.2) is 11.0 Å². The molecule has 0 fully saturated rings. The minimum absolute atomic E-state index is 0.131. The van der Waals surface area contributed by atoms with Crippen molar-refractivity contribution in [3.05, 3.63) is 54.7 Å². The van der Waals surface area contributed by atoms with E-state index in [1.54, 1.807) is 43.2 Å². The molecule has 10 heteroatoms. The fourth-order valence-corrected chi connectivity index (χ4v) is 4.02. The lowest BCUT2D eigenvalue weighted by Crippen LogP contribution is -2.14. The Kier molecular flexibility index (Phi) is 6.64. The number of carbonyl (C=O) groups is 1. The summed E-state index contributed by atoms with van der Waals surface area (Å²) >= 11 is 1.32. The molecule has 9 nitrogen and oxygen atoms in total. The molecule has 1 N–H and O–H groups in total. The molecule has 0 aliphatic heterocycles. The largest absolute Gasteiger partial charge is 0.497 e. The van der Waals surface area contributed by atoms with E-state index >= 15 is 0 Å². The number of nitrogens with one attached hydrogen (secondary N) is 1. The van der Waals surface area contributed by atoms with E-state index < -0.39 is 0 Å². The van der Waals surface area contributed by atoms with Crippen molar-refractivity contribution in [2.45, 2.75) is 5.16 Å². The first kappa shape index (κ1) is 22.4. The van der Waals surface area contributed by atoms with Gasteiger partial charge in [-0.25, -0.2) is 0 Å². The van der Waals surface area contributed by atoms with Gasteiger partial charge in [0, 0.05) is 31.5 Å². The van der Waals surface area contributed by atoms with E-state index in [2.05, 4.69) is 20.6 Å². The van der Waals surface area contributed by atoms with Crippen LogP contribution >= 0.6 is 11.8 Å². The van der Waals surface area contributed by atoms with Crippen LogP contribution in [-0.4, -0.2) is 50.4 Å². The number of anilines is 1. The van der Waals surface area contributed by atoms with Crippen molar-refractivity contribution in [1.82, 2.24) is 24.5 Å². The average molecular weight is 465 g/mol. The molecule has 170 valence electrons. The van der Waals surface area contributed by atoms with Crippen molar-refractivity contribution in [2.75, 3.05) is 25.3 Å². The number of carbonyl (C=O) groups excluding carboxylic acids is 1. The number of nitrogens with zero attached hydrogens (tertiary/aromatic N) is 5. The predicted molar refractivity (Wildman–Crippen MR) is 128 cm³/mol. The van der Waals surface area contributed by atoms with Gasteiger partial charge in [-0.1, -0.05) is 23.9 Å². The maximum absolute atomic E-state index is 12.4. The molecular weight excluding hydrogens is 440 g/mol. The summed E-state index contributed by atoms with van der Waals surface area (Å²) < 4.78 is 14.1. The Morgan fingerprint density at radius 3 is 2.52 bits per heavy atom. The van der Waals surface area contributed by atoms with Gasteiger partial charge < -0.3 is 19.4 Å². The topological polar surface area (TPSA) is 96.1 Å². The van der Waals surface area contributed by atoms with E-state index in [1.807, 2.05) is 49.1 Å². The van der Waals surface area contributed by atoms with E-state index in [4.69, 9.17) is 9.47 Å². The first-order valence-corrected chi connectivity index (χ1v) is 11.1. The number of aromatic nitrogens is 5. The van der Waals surface area contributed by atoms with Gasteiger partial charge in [-0.2, -0.15) is 5.10 Å². The third-order valence-electron chi connectivity index (χ3n) is 4.95. The Bertz CT molecular complexity index is 1270. The van der Waals surface area contributed by atoms with Crippen LogP contribution in [0.1, 0.15) is 0 Å². The number of ether oxygens (including phenoxy) is 2. The van der Waals surface area contributed by atoms with Crippen LogP contribution in [0.2, 0.25) is 0 Å². The zero-order valence-corrected chi connectivity index (χ0v) is 19.6. The normalized spacial score (nSPS) is 10.8. The van der Waals surface area contributed by atoms with Gasteiger partial charge in [0.05, 0.1) is 25.5 Å². The van der Waals surface area contributed by atoms with Crippen LogP contribution in [-0.2, 0) is 18.9 Å². The maximum atomic E-state index is 12.4. The summed E-state index contributed by atoms with van der Waals surface area (Å²) in [6.45, 7) is 0. The Balaban J connectivity index is 1.49. The molecule has 0 unspecified atom stereocenters. The molecule has 33 heavy (non-hydrogen) atoms. The number of thioether (sulfide) groups is 1. The minimum atomic E-state index is -0.131. The first-order valence-electron chi connectivity index (χ1n) is 10.1. The second kappa shape index (κ2) is 9.78. The lowest BCUT2D eigenvalue weighted by molar-refractivity contribution is -0.113. The Hall–Kier alpha value is -3.79. The molecule has 2 aromatic heterocycles. The van der Waals surface area contributed by atoms with E-state index in [0.717, 1.165) is 28.3 Å². The van der Waals surface area contributed by atoms with Gasteiger partial charge in [-0.3, -0.25) is 9.48 Å². The second-order valence-corrected chi connectivity index (χ2v) is 8.17. The van der Waals surface area contributed by atoms with Crippen LogP contribution in [0.5, 0.6) is 11.5 Å². The molecule has 0 bridgehead atoms. The number of hydrogen-bond donors (Lipinski definition) is 1. The summed E-state index contributed by atoms with van der Waals surface area (Å²) in [6, 6.07) is 14.9. The molecule has 4 aromatic rings. The molecule has 0 saturated carbocycles. The number of rotatable bonds is 8. The number of methoxy groups -OCH3 is 2. The summed E-state index contributed by atoms with van der Waals surface area (Å²) in [6.07, 6.45) is 1.91. The molecule has 1 amide bonds. The highest BCUT2D eigenvalue weighted by Crippen LogP contribution is 2.32. The zero-order chi connectivity index (χ0) is 23.4. The van der Waals surface area contributed by atoms with Crippen molar-refractivity contribution >= 4 is 23.4 Å². The summed E-state index contributed by atoms with van der Waals surface area (Å²) in [5, 5.41) is 16.8. The van der Waals surface area contributed by atoms with E-state index in [0.29, 0.717) is 16.7 Å². The third-order valence-corrected chi connectivity index (χ3v) is 5.97. The standard InChI is InChI=1S/C23H24N6O3S/c1-28-13-19(21(27-28)15-6-5-7-18(12-15)32-4)22-25-26-23(29(22)2)33-14-20(30)24-16-8-10-17(31-3)11-9-16/h5-13H,14H2,1-4H3,(H,24,30). The highest BCUT2D eigenvalue weighted by molar-refractivity contribution is 7.99. The van der Waals surface area contributed by atoms with Gasteiger partial charge >= 0.3 is 0 Å². The van der Waals surface area contributed by atoms with Crippen LogP contribution in [0.3, 0.4) is 0 Å². The molecule has 0 atom stereocenters. The molecular formula is C23H24N6O3S. The summed E-state index contributed by atoms with van der Waals surface area (Å²) in [7, 11) is 6.98. The number of benzene rings is 2. The summed E-state index contributed by atoms with van der Waals surface area (Å²) in [5.41, 5.74) is 3.25. The van der Waals surface area contributed by atoms with Crippen molar-refractivity contribution in [2.24, 2.45) is 14.1 Å². The highest BCUT2D eigenvalue weighted by Gasteiger charge is 2.20. The van der Waals surface area contributed by atoms with Gasteiger partial charge in [0.2, 0.25) is 5.91 Å². The fourth-order valence-electron chi connectivity index (χ4n) is 3.31. The lowest BCUT2D eigenvalue weighted by atomic mass is 10.1.